The summed E-state index contributed by atoms with van der Waals surface area (Å²) < 4.78 is 25.2. The molecule has 0 aliphatic carbocycles. The van der Waals surface area contributed by atoms with Gasteiger partial charge in [0, 0.05) is 47.7 Å². The molecule has 0 saturated heterocycles. The first-order chi connectivity index (χ1) is 17.1. The van der Waals surface area contributed by atoms with Gasteiger partial charge in [0.05, 0.1) is 22.8 Å². The zero-order chi connectivity index (χ0) is 25.6. The van der Waals surface area contributed by atoms with Crippen LogP contribution in [-0.4, -0.2) is 57.6 Å². The lowest BCUT2D eigenvalue weighted by Gasteiger charge is -2.29. The first-order valence-electron chi connectivity index (χ1n) is 11.6. The molecule has 4 aromatic rings. The lowest BCUT2D eigenvalue weighted by atomic mass is 10.1. The largest absolute Gasteiger partial charge is 0.353 e. The van der Waals surface area contributed by atoms with Crippen molar-refractivity contribution in [1.29, 1.82) is 0 Å². The Bertz CT molecular complexity index is 1600. The summed E-state index contributed by atoms with van der Waals surface area (Å²) >= 11 is 0. The number of pyridine rings is 1. The van der Waals surface area contributed by atoms with Crippen molar-refractivity contribution in [1.82, 2.24) is 24.4 Å². The van der Waals surface area contributed by atoms with Gasteiger partial charge in [0.2, 0.25) is 5.95 Å². The van der Waals surface area contributed by atoms with Crippen molar-refractivity contribution in [2.75, 3.05) is 18.1 Å². The Morgan fingerprint density at radius 3 is 2.58 bits per heavy atom. The number of aromatic nitrogens is 4. The van der Waals surface area contributed by atoms with E-state index in [-0.39, 0.29) is 28.9 Å². The monoisotopic (exact) mass is 506 g/mol. The molecule has 0 fully saturated rings. The van der Waals surface area contributed by atoms with Gasteiger partial charge < -0.3 is 15.2 Å². The Labute approximate surface area is 207 Å². The van der Waals surface area contributed by atoms with E-state index in [0.29, 0.717) is 41.6 Å². The van der Waals surface area contributed by atoms with Crippen LogP contribution < -0.4 is 10.9 Å². The van der Waals surface area contributed by atoms with Crippen molar-refractivity contribution in [2.45, 2.75) is 37.8 Å². The van der Waals surface area contributed by atoms with Crippen LogP contribution in [0.15, 0.2) is 58.5 Å². The van der Waals surface area contributed by atoms with E-state index in [1.54, 1.807) is 35.5 Å². The lowest BCUT2D eigenvalue weighted by Crippen LogP contribution is -2.41. The van der Waals surface area contributed by atoms with Crippen LogP contribution in [-0.2, 0) is 22.8 Å². The fraction of sp³-hybridized carbons (Fsp3) is 0.280. The first kappa shape index (κ1) is 23.7. The van der Waals surface area contributed by atoms with Crippen molar-refractivity contribution in [2.24, 2.45) is 0 Å². The second-order valence-electron chi connectivity index (χ2n) is 9.19. The maximum absolute atomic E-state index is 13.6. The van der Waals surface area contributed by atoms with Crippen LogP contribution in [0, 0.1) is 0 Å². The summed E-state index contributed by atoms with van der Waals surface area (Å²) in [6.45, 7) is 4.45. The molecule has 1 aliphatic heterocycles. The number of rotatable bonds is 5. The van der Waals surface area contributed by atoms with Gasteiger partial charge >= 0.3 is 0 Å². The zero-order valence-electron chi connectivity index (χ0n) is 20.1. The summed E-state index contributed by atoms with van der Waals surface area (Å²) in [5, 5.41) is 4.07. The minimum Gasteiger partial charge on any atom is -0.353 e. The molecule has 1 aliphatic rings. The molecule has 36 heavy (non-hydrogen) atoms. The van der Waals surface area contributed by atoms with Gasteiger partial charge in [-0.3, -0.25) is 14.6 Å². The number of carbonyl (C=O) groups is 1. The third-order valence-electron chi connectivity index (χ3n) is 6.11. The highest BCUT2D eigenvalue weighted by atomic mass is 32.2. The molecule has 1 amide bonds. The van der Waals surface area contributed by atoms with E-state index in [1.165, 1.54) is 16.7 Å². The molecule has 4 heterocycles. The van der Waals surface area contributed by atoms with E-state index in [2.05, 4.69) is 15.3 Å². The van der Waals surface area contributed by atoms with Crippen LogP contribution >= 0.6 is 0 Å². The molecule has 11 heteroatoms. The highest BCUT2D eigenvalue weighted by Crippen LogP contribution is 2.23. The Balaban J connectivity index is 1.52. The van der Waals surface area contributed by atoms with Crippen LogP contribution in [0.25, 0.3) is 16.6 Å². The molecule has 186 valence electrons. The van der Waals surface area contributed by atoms with Gasteiger partial charge in [-0.25, -0.2) is 18.0 Å². The Kier molecular flexibility index (Phi) is 5.87. The van der Waals surface area contributed by atoms with E-state index in [1.807, 2.05) is 19.9 Å². The van der Waals surface area contributed by atoms with Crippen molar-refractivity contribution in [3.05, 3.63) is 76.1 Å². The third-order valence-corrected chi connectivity index (χ3v) is 7.24. The van der Waals surface area contributed by atoms with Gasteiger partial charge in [-0.15, -0.1) is 0 Å². The normalized spacial score (nSPS) is 13.7. The highest BCUT2D eigenvalue weighted by molar-refractivity contribution is 7.90. The minimum absolute atomic E-state index is 0.0159. The summed E-state index contributed by atoms with van der Waals surface area (Å²) in [7, 11) is -3.36. The average Bonchev–Trinajstić information content (AvgIpc) is 3.27. The number of sulfone groups is 1. The number of nitrogens with one attached hydrogen (secondary N) is 2. The predicted molar refractivity (Wildman–Crippen MR) is 136 cm³/mol. The van der Waals surface area contributed by atoms with Crippen LogP contribution in [0.1, 0.15) is 35.6 Å². The number of hydrogen-bond donors (Lipinski definition) is 2. The second-order valence-corrected chi connectivity index (χ2v) is 11.2. The summed E-state index contributed by atoms with van der Waals surface area (Å²) in [6, 6.07) is 9.73. The van der Waals surface area contributed by atoms with Crippen molar-refractivity contribution < 1.29 is 13.2 Å². The molecule has 5 rings (SSSR count). The predicted octanol–water partition coefficient (Wildman–Crippen LogP) is 2.53. The molecule has 0 bridgehead atoms. The van der Waals surface area contributed by atoms with Gasteiger partial charge in [0.1, 0.15) is 5.69 Å². The van der Waals surface area contributed by atoms with Gasteiger partial charge in [-0.1, -0.05) is 0 Å². The number of fused-ring (bicyclic) bond motifs is 2. The summed E-state index contributed by atoms with van der Waals surface area (Å²) in [5.41, 5.74) is 2.65. The molecular weight excluding hydrogens is 480 g/mol. The van der Waals surface area contributed by atoms with Gasteiger partial charge in [0.25, 0.3) is 11.5 Å². The smallest absolute Gasteiger partial charge is 0.270 e. The second kappa shape index (κ2) is 8.90. The average molecular weight is 507 g/mol. The van der Waals surface area contributed by atoms with E-state index < -0.39 is 9.84 Å². The van der Waals surface area contributed by atoms with Gasteiger partial charge in [0.15, 0.2) is 9.84 Å². The molecule has 0 radical (unpaired) electrons. The topological polar surface area (TPSA) is 130 Å². The maximum Gasteiger partial charge on any atom is 0.270 e. The molecule has 0 unspecified atom stereocenters. The van der Waals surface area contributed by atoms with Crippen LogP contribution in [0.4, 0.5) is 5.95 Å². The minimum atomic E-state index is -3.36. The Morgan fingerprint density at radius 1 is 1.17 bits per heavy atom. The molecule has 3 aromatic heterocycles. The summed E-state index contributed by atoms with van der Waals surface area (Å²) in [4.78, 5) is 40.7. The van der Waals surface area contributed by atoms with Crippen LogP contribution in [0.2, 0.25) is 0 Å². The Hall–Kier alpha value is -3.99. The SMILES string of the molecule is CC(C)Nc1nc2c(c(=O)n1-c1ccc(S(C)(=O)=O)cc1)CCN(C(=O)c1cc3cnccc3[nH]1)C2. The molecule has 2 N–H and O–H groups in total. The number of hydrogen-bond acceptors (Lipinski definition) is 7. The number of nitrogens with zero attached hydrogens (tertiary/aromatic N) is 4. The molecule has 0 saturated carbocycles. The summed E-state index contributed by atoms with van der Waals surface area (Å²) in [5.74, 6) is 0.171. The van der Waals surface area contributed by atoms with Crippen molar-refractivity contribution in [3.8, 4) is 5.69 Å². The lowest BCUT2D eigenvalue weighted by molar-refractivity contribution is 0.0726. The van der Waals surface area contributed by atoms with E-state index >= 15 is 0 Å². The van der Waals surface area contributed by atoms with Crippen LogP contribution in [0.5, 0.6) is 0 Å². The quantitative estimate of drug-likeness (QED) is 0.425. The van der Waals surface area contributed by atoms with Gasteiger partial charge in [-0.2, -0.15) is 0 Å². The molecule has 1 aromatic carbocycles. The van der Waals surface area contributed by atoms with Gasteiger partial charge in [-0.05, 0) is 56.7 Å². The van der Waals surface area contributed by atoms with E-state index in [4.69, 9.17) is 4.98 Å². The van der Waals surface area contributed by atoms with Crippen molar-refractivity contribution in [3.63, 3.8) is 0 Å². The van der Waals surface area contributed by atoms with Crippen molar-refractivity contribution >= 4 is 32.6 Å². The number of amides is 1. The number of aromatic amines is 1. The number of benzene rings is 1. The number of carbonyl (C=O) groups excluding carboxylic acids is 1. The summed E-state index contributed by atoms with van der Waals surface area (Å²) in [6.07, 6.45) is 4.86. The molecule has 0 atom stereocenters. The van der Waals surface area contributed by atoms with E-state index in [9.17, 15) is 18.0 Å². The number of anilines is 1. The highest BCUT2D eigenvalue weighted by Gasteiger charge is 2.28. The molecule has 0 spiro atoms. The maximum atomic E-state index is 13.6. The molecule has 10 nitrogen and oxygen atoms in total. The third kappa shape index (κ3) is 4.37. The number of H-pyrrole nitrogens is 1. The molecular formula is C25H26N6O4S. The zero-order valence-corrected chi connectivity index (χ0v) is 21.0. The Morgan fingerprint density at radius 2 is 1.92 bits per heavy atom. The van der Waals surface area contributed by atoms with Crippen LogP contribution in [0.3, 0.4) is 0 Å². The first-order valence-corrected chi connectivity index (χ1v) is 13.4. The van der Waals surface area contributed by atoms with E-state index in [0.717, 1.165) is 17.2 Å². The fourth-order valence-electron chi connectivity index (χ4n) is 4.36. The standard InChI is InChI=1S/C25H26N6O4S/c1-15(2)27-25-29-22-14-30(24(33)21-12-16-13-26-10-8-20(16)28-21)11-9-19(22)23(32)31(25)17-4-6-18(7-5-17)36(3,34)35/h4-8,10,12-13,15,28H,9,11,14H2,1-3H3,(H,27,29). The fourth-order valence-corrected chi connectivity index (χ4v) is 4.99.